The molecule has 0 saturated carbocycles. The van der Waals surface area contributed by atoms with Crippen LogP contribution in [-0.4, -0.2) is 18.3 Å². The first-order chi connectivity index (χ1) is 7.22. The number of benzene rings is 1. The lowest BCUT2D eigenvalue weighted by Gasteiger charge is -2.05. The number of aryl methyl sites for hydroxylation is 1. The third kappa shape index (κ3) is 2.08. The number of halogens is 1. The van der Waals surface area contributed by atoms with Crippen LogP contribution in [0.2, 0.25) is 0 Å². The molecule has 2 rings (SSSR count). The standard InChI is InChI=1S/C12H14BrNO/c1-9-7-11(13)10-3-4-14(5-6-15-2)12(10)8-9/h3-4,7-8H,5-6H2,1-2H3. The Labute approximate surface area is 98.0 Å². The van der Waals surface area contributed by atoms with Gasteiger partial charge in [-0.15, -0.1) is 0 Å². The van der Waals surface area contributed by atoms with Crippen LogP contribution in [0.5, 0.6) is 0 Å². The van der Waals surface area contributed by atoms with Gasteiger partial charge in [-0.25, -0.2) is 0 Å². The van der Waals surface area contributed by atoms with Crippen molar-refractivity contribution < 1.29 is 4.74 Å². The SMILES string of the molecule is COCCn1ccc2c(Br)cc(C)cc21. The molecule has 0 aliphatic carbocycles. The minimum Gasteiger partial charge on any atom is -0.383 e. The zero-order valence-corrected chi connectivity index (χ0v) is 10.5. The Bertz CT molecular complexity index is 476. The molecule has 1 heterocycles. The maximum absolute atomic E-state index is 5.09. The molecule has 15 heavy (non-hydrogen) atoms. The number of nitrogens with zero attached hydrogens (tertiary/aromatic N) is 1. The van der Waals surface area contributed by atoms with Crippen molar-refractivity contribution in [3.8, 4) is 0 Å². The van der Waals surface area contributed by atoms with Gasteiger partial charge in [0.25, 0.3) is 0 Å². The summed E-state index contributed by atoms with van der Waals surface area (Å²) in [7, 11) is 1.73. The van der Waals surface area contributed by atoms with E-state index in [1.165, 1.54) is 16.5 Å². The number of hydrogen-bond donors (Lipinski definition) is 0. The van der Waals surface area contributed by atoms with Crippen LogP contribution in [0, 0.1) is 6.92 Å². The zero-order chi connectivity index (χ0) is 10.8. The Morgan fingerprint density at radius 3 is 2.93 bits per heavy atom. The average molecular weight is 268 g/mol. The molecule has 0 atom stereocenters. The smallest absolute Gasteiger partial charge is 0.0641 e. The van der Waals surface area contributed by atoms with E-state index in [0.29, 0.717) is 0 Å². The fourth-order valence-electron chi connectivity index (χ4n) is 1.77. The molecule has 0 radical (unpaired) electrons. The number of hydrogen-bond acceptors (Lipinski definition) is 1. The van der Waals surface area contributed by atoms with Crippen molar-refractivity contribution >= 4 is 26.8 Å². The normalized spacial score (nSPS) is 11.1. The van der Waals surface area contributed by atoms with Gasteiger partial charge in [0.15, 0.2) is 0 Å². The molecule has 0 bridgehead atoms. The van der Waals surface area contributed by atoms with Crippen molar-refractivity contribution in [3.05, 3.63) is 34.4 Å². The van der Waals surface area contributed by atoms with Gasteiger partial charge in [0, 0.05) is 35.2 Å². The van der Waals surface area contributed by atoms with Gasteiger partial charge < -0.3 is 9.30 Å². The summed E-state index contributed by atoms with van der Waals surface area (Å²) in [5, 5.41) is 1.26. The Balaban J connectivity index is 2.49. The van der Waals surface area contributed by atoms with Gasteiger partial charge in [0.1, 0.15) is 0 Å². The largest absolute Gasteiger partial charge is 0.383 e. The molecular formula is C12H14BrNO. The summed E-state index contributed by atoms with van der Waals surface area (Å²) >= 11 is 3.58. The molecule has 0 amide bonds. The molecule has 2 nitrogen and oxygen atoms in total. The highest BCUT2D eigenvalue weighted by atomic mass is 79.9. The van der Waals surface area contributed by atoms with Crippen LogP contribution in [0.15, 0.2) is 28.9 Å². The first kappa shape index (κ1) is 10.7. The molecule has 0 aliphatic heterocycles. The van der Waals surface area contributed by atoms with Crippen molar-refractivity contribution in [2.24, 2.45) is 0 Å². The monoisotopic (exact) mass is 267 g/mol. The van der Waals surface area contributed by atoms with Gasteiger partial charge in [0.05, 0.1) is 6.61 Å². The summed E-state index contributed by atoms with van der Waals surface area (Å²) in [6.45, 7) is 3.75. The predicted octanol–water partition coefficient (Wildman–Crippen LogP) is 3.36. The van der Waals surface area contributed by atoms with Crippen LogP contribution >= 0.6 is 15.9 Å². The van der Waals surface area contributed by atoms with E-state index >= 15 is 0 Å². The number of methoxy groups -OCH3 is 1. The molecular weight excluding hydrogens is 254 g/mol. The average Bonchev–Trinajstić information content (AvgIpc) is 2.58. The Kier molecular flexibility index (Phi) is 3.12. The van der Waals surface area contributed by atoms with Gasteiger partial charge in [0.2, 0.25) is 0 Å². The van der Waals surface area contributed by atoms with Crippen molar-refractivity contribution in [2.75, 3.05) is 13.7 Å². The second-order valence-electron chi connectivity index (χ2n) is 3.68. The van der Waals surface area contributed by atoms with Crippen molar-refractivity contribution in [1.29, 1.82) is 0 Å². The highest BCUT2D eigenvalue weighted by Gasteiger charge is 2.04. The third-order valence-electron chi connectivity index (χ3n) is 2.52. The van der Waals surface area contributed by atoms with E-state index in [4.69, 9.17) is 4.74 Å². The minimum absolute atomic E-state index is 0.745. The molecule has 0 saturated heterocycles. The van der Waals surface area contributed by atoms with Crippen LogP contribution in [0.25, 0.3) is 10.9 Å². The van der Waals surface area contributed by atoms with Crippen LogP contribution < -0.4 is 0 Å². The predicted molar refractivity (Wildman–Crippen MR) is 66.3 cm³/mol. The topological polar surface area (TPSA) is 14.2 Å². The molecule has 0 aliphatic rings. The second kappa shape index (κ2) is 4.37. The van der Waals surface area contributed by atoms with Crippen LogP contribution in [0.1, 0.15) is 5.56 Å². The molecule has 2 aromatic rings. The van der Waals surface area contributed by atoms with Gasteiger partial charge in [-0.05, 0) is 30.7 Å². The van der Waals surface area contributed by atoms with E-state index in [1.807, 2.05) is 0 Å². The Morgan fingerprint density at radius 1 is 1.40 bits per heavy atom. The summed E-state index contributed by atoms with van der Waals surface area (Å²) < 4.78 is 8.47. The summed E-state index contributed by atoms with van der Waals surface area (Å²) in [6.07, 6.45) is 2.11. The number of fused-ring (bicyclic) bond motifs is 1. The van der Waals surface area contributed by atoms with Gasteiger partial charge in [-0.2, -0.15) is 0 Å². The summed E-state index contributed by atoms with van der Waals surface area (Å²) in [4.78, 5) is 0. The summed E-state index contributed by atoms with van der Waals surface area (Å²) in [5.74, 6) is 0. The lowest BCUT2D eigenvalue weighted by Crippen LogP contribution is -2.02. The summed E-state index contributed by atoms with van der Waals surface area (Å²) in [5.41, 5.74) is 2.53. The third-order valence-corrected chi connectivity index (χ3v) is 3.18. The van der Waals surface area contributed by atoms with E-state index in [9.17, 15) is 0 Å². The lowest BCUT2D eigenvalue weighted by atomic mass is 10.2. The molecule has 0 spiro atoms. The molecule has 0 unspecified atom stereocenters. The molecule has 1 aromatic carbocycles. The maximum atomic E-state index is 5.09. The van der Waals surface area contributed by atoms with Gasteiger partial charge >= 0.3 is 0 Å². The van der Waals surface area contributed by atoms with E-state index in [0.717, 1.165) is 17.6 Å². The quantitative estimate of drug-likeness (QED) is 0.832. The fourth-order valence-corrected chi connectivity index (χ4v) is 2.46. The molecule has 3 heteroatoms. The number of rotatable bonds is 3. The minimum atomic E-state index is 0.745. The maximum Gasteiger partial charge on any atom is 0.0641 e. The van der Waals surface area contributed by atoms with Gasteiger partial charge in [-0.3, -0.25) is 0 Å². The number of ether oxygens (including phenoxy) is 1. The Morgan fingerprint density at radius 2 is 2.20 bits per heavy atom. The fraction of sp³-hybridized carbons (Fsp3) is 0.333. The Hall–Kier alpha value is -0.800. The van der Waals surface area contributed by atoms with Crippen molar-refractivity contribution in [2.45, 2.75) is 13.5 Å². The van der Waals surface area contributed by atoms with Crippen LogP contribution in [0.4, 0.5) is 0 Å². The second-order valence-corrected chi connectivity index (χ2v) is 4.54. The van der Waals surface area contributed by atoms with Gasteiger partial charge in [-0.1, -0.05) is 15.9 Å². The zero-order valence-electron chi connectivity index (χ0n) is 8.96. The van der Waals surface area contributed by atoms with Crippen LogP contribution in [-0.2, 0) is 11.3 Å². The van der Waals surface area contributed by atoms with Crippen molar-refractivity contribution in [1.82, 2.24) is 4.57 Å². The van der Waals surface area contributed by atoms with E-state index in [-0.39, 0.29) is 0 Å². The van der Waals surface area contributed by atoms with Crippen molar-refractivity contribution in [3.63, 3.8) is 0 Å². The lowest BCUT2D eigenvalue weighted by molar-refractivity contribution is 0.188. The van der Waals surface area contributed by atoms with Crippen LogP contribution in [0.3, 0.4) is 0 Å². The first-order valence-electron chi connectivity index (χ1n) is 4.96. The highest BCUT2D eigenvalue weighted by molar-refractivity contribution is 9.10. The highest BCUT2D eigenvalue weighted by Crippen LogP contribution is 2.26. The first-order valence-corrected chi connectivity index (χ1v) is 5.75. The molecule has 0 N–H and O–H groups in total. The molecule has 0 fully saturated rings. The number of aromatic nitrogens is 1. The van der Waals surface area contributed by atoms with E-state index < -0.39 is 0 Å². The molecule has 80 valence electrons. The molecule has 1 aromatic heterocycles. The van der Waals surface area contributed by atoms with E-state index in [2.05, 4.69) is 51.8 Å². The van der Waals surface area contributed by atoms with E-state index in [1.54, 1.807) is 7.11 Å². The summed E-state index contributed by atoms with van der Waals surface area (Å²) in [6, 6.07) is 6.48.